The molecule has 0 fully saturated rings. The van der Waals surface area contributed by atoms with E-state index in [1.807, 2.05) is 0 Å². The van der Waals surface area contributed by atoms with Crippen LogP contribution < -0.4 is 5.73 Å². The zero-order chi connectivity index (χ0) is 13.1. The van der Waals surface area contributed by atoms with Gasteiger partial charge in [-0.3, -0.25) is 4.79 Å². The first-order chi connectivity index (χ1) is 7.81. The zero-order valence-electron chi connectivity index (χ0n) is 8.55. The van der Waals surface area contributed by atoms with Crippen molar-refractivity contribution in [2.75, 3.05) is 11.6 Å². The van der Waals surface area contributed by atoms with Crippen molar-refractivity contribution < 1.29 is 18.0 Å². The molecular weight excluding hydrogens is 275 g/mol. The van der Waals surface area contributed by atoms with Crippen LogP contribution >= 0.6 is 23.4 Å². The molecule has 0 aliphatic rings. The highest BCUT2D eigenvalue weighted by molar-refractivity contribution is 8.00. The molecule has 2 N–H and O–H groups in total. The molecule has 94 valence electrons. The third-order valence-electron chi connectivity index (χ3n) is 1.85. The number of thioether (sulfide) groups is 1. The van der Waals surface area contributed by atoms with Gasteiger partial charge in [0, 0.05) is 17.0 Å². The molecule has 0 unspecified atom stereocenters. The predicted octanol–water partition coefficient (Wildman–Crippen LogP) is 3.23. The van der Waals surface area contributed by atoms with E-state index in [-0.39, 0.29) is 40.4 Å². The van der Waals surface area contributed by atoms with Crippen LogP contribution in [0.3, 0.4) is 0 Å². The van der Waals surface area contributed by atoms with E-state index in [0.29, 0.717) is 5.56 Å². The lowest BCUT2D eigenvalue weighted by Gasteiger charge is -2.09. The molecule has 2 nitrogen and oxygen atoms in total. The van der Waals surface area contributed by atoms with Crippen molar-refractivity contribution in [2.45, 2.75) is 16.8 Å². The Kier molecular flexibility index (Phi) is 4.70. The van der Waals surface area contributed by atoms with Crippen molar-refractivity contribution in [3.05, 3.63) is 23.8 Å². The molecule has 0 heterocycles. The van der Waals surface area contributed by atoms with Crippen molar-refractivity contribution in [1.29, 1.82) is 0 Å². The Balaban J connectivity index is 2.90. The highest BCUT2D eigenvalue weighted by atomic mass is 35.5. The summed E-state index contributed by atoms with van der Waals surface area (Å²) in [7, 11) is 0. The van der Waals surface area contributed by atoms with Gasteiger partial charge in [-0.1, -0.05) is 6.07 Å². The second-order valence-corrected chi connectivity index (χ2v) is 4.64. The second kappa shape index (κ2) is 5.64. The van der Waals surface area contributed by atoms with Crippen LogP contribution in [0.15, 0.2) is 23.1 Å². The molecule has 0 aliphatic carbocycles. The molecule has 17 heavy (non-hydrogen) atoms. The molecule has 0 aliphatic heterocycles. The lowest BCUT2D eigenvalue weighted by molar-refractivity contribution is -0.116. The number of carbonyl (C=O) groups excluding carboxylic acids is 1. The highest BCUT2D eigenvalue weighted by Crippen LogP contribution is 2.39. The summed E-state index contributed by atoms with van der Waals surface area (Å²) in [6.07, 6.45) is 0.00912. The van der Waals surface area contributed by atoms with Gasteiger partial charge in [0.05, 0.1) is 5.88 Å². The van der Waals surface area contributed by atoms with Gasteiger partial charge in [0.1, 0.15) is 0 Å². The van der Waals surface area contributed by atoms with Crippen molar-refractivity contribution in [3.8, 4) is 0 Å². The van der Waals surface area contributed by atoms with Crippen LogP contribution in [0.25, 0.3) is 0 Å². The van der Waals surface area contributed by atoms with Gasteiger partial charge in [-0.05, 0) is 29.5 Å². The minimum Gasteiger partial charge on any atom is -0.398 e. The third kappa shape index (κ3) is 4.87. The fraction of sp³-hybridized carbons (Fsp3) is 0.300. The van der Waals surface area contributed by atoms with Gasteiger partial charge in [-0.15, -0.1) is 11.6 Å². The van der Waals surface area contributed by atoms with E-state index in [9.17, 15) is 18.0 Å². The van der Waals surface area contributed by atoms with Gasteiger partial charge in [-0.25, -0.2) is 0 Å². The number of nitrogens with two attached hydrogens (primary N) is 1. The summed E-state index contributed by atoms with van der Waals surface area (Å²) >= 11 is 5.03. The summed E-state index contributed by atoms with van der Waals surface area (Å²) < 4.78 is 36.6. The van der Waals surface area contributed by atoms with Crippen molar-refractivity contribution >= 4 is 34.8 Å². The molecule has 0 atom stereocenters. The fourth-order valence-corrected chi connectivity index (χ4v) is 1.92. The highest BCUT2D eigenvalue weighted by Gasteiger charge is 2.30. The summed E-state index contributed by atoms with van der Waals surface area (Å²) in [5.41, 5.74) is 1.53. The lowest BCUT2D eigenvalue weighted by Crippen LogP contribution is -2.05. The normalized spacial score (nSPS) is 11.5. The van der Waals surface area contributed by atoms with Crippen LogP contribution in [0.5, 0.6) is 0 Å². The molecule has 1 aromatic carbocycles. The summed E-state index contributed by atoms with van der Waals surface area (Å²) in [6.45, 7) is 0. The molecule has 0 saturated heterocycles. The molecule has 0 radical (unpaired) electrons. The van der Waals surface area contributed by atoms with E-state index < -0.39 is 5.51 Å². The average Bonchev–Trinajstić information content (AvgIpc) is 2.21. The monoisotopic (exact) mass is 283 g/mol. The molecule has 0 aromatic heterocycles. The van der Waals surface area contributed by atoms with Crippen LogP contribution in [0, 0.1) is 0 Å². The van der Waals surface area contributed by atoms with Crippen LogP contribution in [-0.2, 0) is 11.2 Å². The lowest BCUT2D eigenvalue weighted by atomic mass is 10.1. The van der Waals surface area contributed by atoms with E-state index >= 15 is 0 Å². The van der Waals surface area contributed by atoms with Crippen LogP contribution in [0.1, 0.15) is 5.56 Å². The maximum absolute atomic E-state index is 12.2. The first-order valence-corrected chi connectivity index (χ1v) is 5.88. The summed E-state index contributed by atoms with van der Waals surface area (Å²) in [5, 5.41) is 0. The van der Waals surface area contributed by atoms with E-state index in [2.05, 4.69) is 0 Å². The van der Waals surface area contributed by atoms with E-state index in [1.54, 1.807) is 0 Å². The predicted molar refractivity (Wildman–Crippen MR) is 62.2 cm³/mol. The quantitative estimate of drug-likeness (QED) is 0.524. The van der Waals surface area contributed by atoms with Gasteiger partial charge in [-0.2, -0.15) is 13.2 Å². The SMILES string of the molecule is Nc1ccc(CC(=O)CCl)cc1SC(F)(F)F. The Bertz CT molecular complexity index is 423. The van der Waals surface area contributed by atoms with E-state index in [0.717, 1.165) is 0 Å². The number of ketones is 1. The molecule has 0 bridgehead atoms. The van der Waals surface area contributed by atoms with Gasteiger partial charge >= 0.3 is 5.51 Å². The molecule has 7 heteroatoms. The number of nitrogen functional groups attached to an aromatic ring is 1. The Morgan fingerprint density at radius 1 is 1.41 bits per heavy atom. The molecule has 0 spiro atoms. The standard InChI is InChI=1S/C10H9ClF3NOS/c11-5-7(16)3-6-1-2-8(15)9(4-6)17-10(12,13)14/h1-2,4H,3,5,15H2. The fourth-order valence-electron chi connectivity index (χ4n) is 1.18. The number of Topliss-reactive ketones (excluding diaryl/α,β-unsaturated/α-hetero) is 1. The van der Waals surface area contributed by atoms with Gasteiger partial charge < -0.3 is 5.73 Å². The minimum absolute atomic E-state index is 0.00912. The molecule has 1 aromatic rings. The molecule has 0 amide bonds. The van der Waals surface area contributed by atoms with E-state index in [1.165, 1.54) is 18.2 Å². The number of halogens is 4. The van der Waals surface area contributed by atoms with Gasteiger partial charge in [0.25, 0.3) is 0 Å². The second-order valence-electron chi connectivity index (χ2n) is 3.27. The third-order valence-corrected chi connectivity index (χ3v) is 2.96. The number of carbonyl (C=O) groups is 1. The van der Waals surface area contributed by atoms with Crippen molar-refractivity contribution in [2.24, 2.45) is 0 Å². The maximum atomic E-state index is 12.2. The Labute approximate surface area is 105 Å². The Morgan fingerprint density at radius 2 is 2.06 bits per heavy atom. The average molecular weight is 284 g/mol. The summed E-state index contributed by atoms with van der Waals surface area (Å²) in [6, 6.07) is 4.13. The van der Waals surface area contributed by atoms with Crippen LogP contribution in [-0.4, -0.2) is 17.2 Å². The number of alkyl halides is 4. The number of rotatable bonds is 4. The van der Waals surface area contributed by atoms with Crippen LogP contribution in [0.4, 0.5) is 18.9 Å². The Hall–Kier alpha value is -0.880. The van der Waals surface area contributed by atoms with Crippen LogP contribution in [0.2, 0.25) is 0 Å². The van der Waals surface area contributed by atoms with Gasteiger partial charge in [0.2, 0.25) is 0 Å². The maximum Gasteiger partial charge on any atom is 0.446 e. The topological polar surface area (TPSA) is 43.1 Å². The van der Waals surface area contributed by atoms with Crippen molar-refractivity contribution in [1.82, 2.24) is 0 Å². The first-order valence-electron chi connectivity index (χ1n) is 4.53. The first kappa shape index (κ1) is 14.2. The molecular formula is C10H9ClF3NOS. The minimum atomic E-state index is -4.40. The van der Waals surface area contributed by atoms with Gasteiger partial charge in [0.15, 0.2) is 5.78 Å². The summed E-state index contributed by atoms with van der Waals surface area (Å²) in [4.78, 5) is 11.0. The van der Waals surface area contributed by atoms with E-state index in [4.69, 9.17) is 17.3 Å². The number of anilines is 1. The summed E-state index contributed by atoms with van der Waals surface area (Å²) in [5.74, 6) is -0.411. The Morgan fingerprint density at radius 3 is 2.59 bits per heavy atom. The smallest absolute Gasteiger partial charge is 0.398 e. The number of hydrogen-bond acceptors (Lipinski definition) is 3. The number of benzene rings is 1. The zero-order valence-corrected chi connectivity index (χ0v) is 10.1. The molecule has 1 rings (SSSR count). The molecule has 0 saturated carbocycles. The largest absolute Gasteiger partial charge is 0.446 e. The van der Waals surface area contributed by atoms with Crippen molar-refractivity contribution in [3.63, 3.8) is 0 Å². The number of hydrogen-bond donors (Lipinski definition) is 1.